The van der Waals surface area contributed by atoms with Gasteiger partial charge < -0.3 is 9.47 Å². The lowest BCUT2D eigenvalue weighted by atomic mass is 10.1. The molecule has 3 rings (SSSR count). The first-order valence-corrected chi connectivity index (χ1v) is 9.67. The van der Waals surface area contributed by atoms with Crippen LogP contribution in [-0.2, 0) is 16.0 Å². The van der Waals surface area contributed by atoms with Crippen LogP contribution in [0.3, 0.4) is 0 Å². The lowest BCUT2D eigenvalue weighted by Gasteiger charge is -2.10. The fourth-order valence-corrected chi connectivity index (χ4v) is 3.69. The normalized spacial score (nSPS) is 10.4. The zero-order chi connectivity index (χ0) is 19.1. The summed E-state index contributed by atoms with van der Waals surface area (Å²) in [5.74, 6) is 0.657. The molecule has 0 aliphatic rings. The number of ether oxygens (including phenoxy) is 2. The molecule has 138 valence electrons. The van der Waals surface area contributed by atoms with Crippen LogP contribution in [0, 0.1) is 0 Å². The summed E-state index contributed by atoms with van der Waals surface area (Å²) in [7, 11) is 1.67. The molecule has 0 bridgehead atoms. The van der Waals surface area contributed by atoms with Crippen LogP contribution in [0.15, 0.2) is 82.6 Å². The molecule has 0 spiro atoms. The van der Waals surface area contributed by atoms with Crippen molar-refractivity contribution in [3.63, 3.8) is 0 Å². The maximum atomic E-state index is 11.8. The van der Waals surface area contributed by atoms with Gasteiger partial charge in [-0.3, -0.25) is 4.79 Å². The van der Waals surface area contributed by atoms with Crippen molar-refractivity contribution in [2.75, 3.05) is 13.7 Å². The zero-order valence-electron chi connectivity index (χ0n) is 15.5. The van der Waals surface area contributed by atoms with Crippen LogP contribution in [0.2, 0.25) is 0 Å². The molecule has 3 aromatic carbocycles. The van der Waals surface area contributed by atoms with E-state index in [2.05, 4.69) is 36.4 Å². The van der Waals surface area contributed by atoms with E-state index in [9.17, 15) is 4.79 Å². The summed E-state index contributed by atoms with van der Waals surface area (Å²) in [6.07, 6.45) is 0.293. The molecule has 0 saturated carbocycles. The van der Waals surface area contributed by atoms with Gasteiger partial charge in [0.25, 0.3) is 0 Å². The molecule has 0 heterocycles. The van der Waals surface area contributed by atoms with Crippen molar-refractivity contribution >= 4 is 17.7 Å². The van der Waals surface area contributed by atoms with E-state index in [1.807, 2.05) is 43.3 Å². The number of carbonyl (C=O) groups excluding carboxylic acids is 1. The molecule has 0 atom stereocenters. The quantitative estimate of drug-likeness (QED) is 0.500. The lowest BCUT2D eigenvalue weighted by molar-refractivity contribution is -0.142. The minimum atomic E-state index is -0.194. The number of hydrogen-bond donors (Lipinski definition) is 0. The van der Waals surface area contributed by atoms with E-state index in [0.717, 1.165) is 32.2 Å². The van der Waals surface area contributed by atoms with Gasteiger partial charge in [-0.15, -0.1) is 0 Å². The third kappa shape index (κ3) is 5.14. The molecular weight excluding hydrogens is 356 g/mol. The predicted molar refractivity (Wildman–Crippen MR) is 109 cm³/mol. The molecule has 0 radical (unpaired) electrons. The number of methoxy groups -OCH3 is 1. The summed E-state index contributed by atoms with van der Waals surface area (Å²) < 4.78 is 10.3. The summed E-state index contributed by atoms with van der Waals surface area (Å²) in [5, 5.41) is 0. The highest BCUT2D eigenvalue weighted by Gasteiger charge is 2.10. The summed E-state index contributed by atoms with van der Waals surface area (Å²) in [6, 6.07) is 24.4. The number of rotatable bonds is 7. The van der Waals surface area contributed by atoms with Gasteiger partial charge in [0.1, 0.15) is 5.75 Å². The maximum Gasteiger partial charge on any atom is 0.310 e. The molecular formula is C23H22O3S. The third-order valence-corrected chi connectivity index (χ3v) is 5.24. The Hall–Kier alpha value is -2.72. The minimum absolute atomic E-state index is 0.194. The molecule has 0 unspecified atom stereocenters. The van der Waals surface area contributed by atoms with Crippen molar-refractivity contribution in [1.82, 2.24) is 0 Å². The molecule has 0 aliphatic carbocycles. The van der Waals surface area contributed by atoms with E-state index < -0.39 is 0 Å². The SMILES string of the molecule is CCOC(=O)Cc1ccccc1Sc1ccc(-c2ccc(OC)cc2)cc1. The first-order valence-electron chi connectivity index (χ1n) is 8.85. The molecule has 4 heteroatoms. The third-order valence-electron chi connectivity index (χ3n) is 4.12. The Balaban J connectivity index is 1.74. The molecule has 3 nitrogen and oxygen atoms in total. The van der Waals surface area contributed by atoms with Crippen molar-refractivity contribution in [2.45, 2.75) is 23.1 Å². The number of esters is 1. The van der Waals surface area contributed by atoms with E-state index in [0.29, 0.717) is 13.0 Å². The topological polar surface area (TPSA) is 35.5 Å². The lowest BCUT2D eigenvalue weighted by Crippen LogP contribution is -2.08. The van der Waals surface area contributed by atoms with Gasteiger partial charge in [0.15, 0.2) is 0 Å². The van der Waals surface area contributed by atoms with Gasteiger partial charge in [-0.25, -0.2) is 0 Å². The Kier molecular flexibility index (Phi) is 6.55. The second-order valence-corrected chi connectivity index (χ2v) is 7.06. The van der Waals surface area contributed by atoms with Crippen LogP contribution in [0.5, 0.6) is 5.75 Å². The molecule has 27 heavy (non-hydrogen) atoms. The standard InChI is InChI=1S/C23H22O3S/c1-3-26-23(24)16-19-6-4-5-7-22(19)27-21-14-10-18(11-15-21)17-8-12-20(25-2)13-9-17/h4-15H,3,16H2,1-2H3. The average molecular weight is 378 g/mol. The van der Waals surface area contributed by atoms with Gasteiger partial charge in [-0.05, 0) is 53.9 Å². The van der Waals surface area contributed by atoms with Gasteiger partial charge in [0.05, 0.1) is 20.1 Å². The molecule has 0 aromatic heterocycles. The fourth-order valence-electron chi connectivity index (χ4n) is 2.74. The number of benzene rings is 3. The van der Waals surface area contributed by atoms with E-state index in [4.69, 9.17) is 9.47 Å². The van der Waals surface area contributed by atoms with Gasteiger partial charge in [-0.2, -0.15) is 0 Å². The zero-order valence-corrected chi connectivity index (χ0v) is 16.3. The smallest absolute Gasteiger partial charge is 0.310 e. The van der Waals surface area contributed by atoms with Gasteiger partial charge in [0, 0.05) is 9.79 Å². The van der Waals surface area contributed by atoms with E-state index in [-0.39, 0.29) is 5.97 Å². The van der Waals surface area contributed by atoms with E-state index >= 15 is 0 Å². The summed E-state index contributed by atoms with van der Waals surface area (Å²) in [4.78, 5) is 14.0. The molecule has 0 aliphatic heterocycles. The first-order chi connectivity index (χ1) is 13.2. The van der Waals surface area contributed by atoms with Crippen molar-refractivity contribution < 1.29 is 14.3 Å². The van der Waals surface area contributed by atoms with Crippen molar-refractivity contribution in [3.8, 4) is 16.9 Å². The summed E-state index contributed by atoms with van der Waals surface area (Å²) in [5.41, 5.74) is 3.29. The second-order valence-electron chi connectivity index (χ2n) is 5.94. The van der Waals surface area contributed by atoms with Crippen LogP contribution in [0.25, 0.3) is 11.1 Å². The molecule has 0 saturated heterocycles. The Bertz CT molecular complexity index is 886. The summed E-state index contributed by atoms with van der Waals surface area (Å²) in [6.45, 7) is 2.23. The molecule has 0 amide bonds. The molecule has 3 aromatic rings. The van der Waals surface area contributed by atoms with Crippen LogP contribution < -0.4 is 4.74 Å². The van der Waals surface area contributed by atoms with Crippen LogP contribution in [0.1, 0.15) is 12.5 Å². The molecule has 0 fully saturated rings. The van der Waals surface area contributed by atoms with Crippen LogP contribution in [-0.4, -0.2) is 19.7 Å². The van der Waals surface area contributed by atoms with Crippen LogP contribution >= 0.6 is 11.8 Å². The highest BCUT2D eigenvalue weighted by atomic mass is 32.2. The maximum absolute atomic E-state index is 11.8. The minimum Gasteiger partial charge on any atom is -0.497 e. The Morgan fingerprint density at radius 3 is 2.15 bits per heavy atom. The van der Waals surface area contributed by atoms with Crippen LogP contribution in [0.4, 0.5) is 0 Å². The Labute approximate surface area is 164 Å². The van der Waals surface area contributed by atoms with Crippen molar-refractivity contribution in [2.24, 2.45) is 0 Å². The average Bonchev–Trinajstić information content (AvgIpc) is 2.70. The Morgan fingerprint density at radius 2 is 1.52 bits per heavy atom. The number of hydrogen-bond acceptors (Lipinski definition) is 4. The van der Waals surface area contributed by atoms with Crippen molar-refractivity contribution in [1.29, 1.82) is 0 Å². The highest BCUT2D eigenvalue weighted by Crippen LogP contribution is 2.32. The number of carbonyl (C=O) groups is 1. The monoisotopic (exact) mass is 378 g/mol. The Morgan fingerprint density at radius 1 is 0.889 bits per heavy atom. The van der Waals surface area contributed by atoms with Gasteiger partial charge >= 0.3 is 5.97 Å². The fraction of sp³-hybridized carbons (Fsp3) is 0.174. The van der Waals surface area contributed by atoms with Gasteiger partial charge in [0.2, 0.25) is 0 Å². The summed E-state index contributed by atoms with van der Waals surface area (Å²) >= 11 is 1.66. The van der Waals surface area contributed by atoms with E-state index in [1.165, 1.54) is 0 Å². The van der Waals surface area contributed by atoms with Gasteiger partial charge in [-0.1, -0.05) is 54.2 Å². The first kappa shape index (κ1) is 19.1. The second kappa shape index (κ2) is 9.28. The molecule has 0 N–H and O–H groups in total. The highest BCUT2D eigenvalue weighted by molar-refractivity contribution is 7.99. The van der Waals surface area contributed by atoms with E-state index in [1.54, 1.807) is 18.9 Å². The predicted octanol–water partition coefficient (Wildman–Crippen LogP) is 5.62. The largest absolute Gasteiger partial charge is 0.497 e. The van der Waals surface area contributed by atoms with Crippen molar-refractivity contribution in [3.05, 3.63) is 78.4 Å².